The first kappa shape index (κ1) is 14.2. The van der Waals surface area contributed by atoms with Crippen LogP contribution in [0.5, 0.6) is 0 Å². The summed E-state index contributed by atoms with van der Waals surface area (Å²) in [7, 11) is 0. The molecule has 14 heavy (non-hydrogen) atoms. The molecule has 0 saturated carbocycles. The Bertz CT molecular complexity index is 120. The van der Waals surface area contributed by atoms with Crippen LogP contribution in [0.4, 0.5) is 0 Å². The van der Waals surface area contributed by atoms with Gasteiger partial charge in [-0.3, -0.25) is 0 Å². The predicted molar refractivity (Wildman–Crippen MR) is 63.1 cm³/mol. The summed E-state index contributed by atoms with van der Waals surface area (Å²) in [6, 6.07) is 0. The third-order valence-corrected chi connectivity index (χ3v) is 2.33. The van der Waals surface area contributed by atoms with Gasteiger partial charge in [-0.2, -0.15) is 0 Å². The van der Waals surface area contributed by atoms with Crippen molar-refractivity contribution in [2.24, 2.45) is 5.92 Å². The zero-order chi connectivity index (χ0) is 10.8. The average Bonchev–Trinajstić information content (AvgIpc) is 2.16. The first-order valence-corrected chi connectivity index (χ1v) is 6.10. The van der Waals surface area contributed by atoms with Crippen LogP contribution in [0.2, 0.25) is 0 Å². The molecule has 0 amide bonds. The van der Waals surface area contributed by atoms with Crippen LogP contribution in [0.1, 0.15) is 27.2 Å². The highest BCUT2D eigenvalue weighted by molar-refractivity contribution is 6.17. The maximum Gasteiger partial charge on any atom is 0.0593 e. The second-order valence-corrected chi connectivity index (χ2v) is 4.32. The molecule has 0 atom stereocenters. The van der Waals surface area contributed by atoms with Gasteiger partial charge in [-0.1, -0.05) is 20.8 Å². The van der Waals surface area contributed by atoms with E-state index in [0.717, 1.165) is 45.1 Å². The minimum atomic E-state index is 0.632. The van der Waals surface area contributed by atoms with E-state index in [1.54, 1.807) is 0 Å². The Balaban J connectivity index is 3.33. The average molecular weight is 222 g/mol. The molecule has 0 saturated heterocycles. The van der Waals surface area contributed by atoms with E-state index in [9.17, 15) is 0 Å². The minimum absolute atomic E-state index is 0.632. The van der Waals surface area contributed by atoms with E-state index in [0.29, 0.717) is 5.92 Å². The minimum Gasteiger partial charge on any atom is -0.380 e. The van der Waals surface area contributed by atoms with Crippen molar-refractivity contribution in [2.75, 3.05) is 38.7 Å². The molecule has 0 rings (SSSR count). The molecule has 0 N–H and O–H groups in total. The third kappa shape index (κ3) is 8.79. The quantitative estimate of drug-likeness (QED) is 0.439. The molecule has 0 radical (unpaired) electrons. The second kappa shape index (κ2) is 9.75. The van der Waals surface area contributed by atoms with Crippen molar-refractivity contribution in [3.8, 4) is 0 Å². The molecule has 0 aliphatic carbocycles. The van der Waals surface area contributed by atoms with Crippen molar-refractivity contribution in [2.45, 2.75) is 27.2 Å². The lowest BCUT2D eigenvalue weighted by atomic mass is 10.2. The highest BCUT2D eigenvalue weighted by Crippen LogP contribution is 1.95. The van der Waals surface area contributed by atoms with E-state index < -0.39 is 0 Å². The normalized spacial score (nSPS) is 11.6. The van der Waals surface area contributed by atoms with Gasteiger partial charge in [0, 0.05) is 19.0 Å². The third-order valence-electron chi connectivity index (χ3n) is 2.06. The lowest BCUT2D eigenvalue weighted by molar-refractivity contribution is 0.0868. The number of nitrogens with zero attached hydrogens (tertiary/aromatic N) is 1. The zero-order valence-electron chi connectivity index (χ0n) is 9.76. The van der Waals surface area contributed by atoms with Crippen molar-refractivity contribution in [3.63, 3.8) is 0 Å². The summed E-state index contributed by atoms with van der Waals surface area (Å²) in [5, 5.41) is 0. The number of hydrogen-bond acceptors (Lipinski definition) is 2. The number of halogens is 1. The van der Waals surface area contributed by atoms with Gasteiger partial charge >= 0.3 is 0 Å². The summed E-state index contributed by atoms with van der Waals surface area (Å²) in [6.45, 7) is 11.4. The Hall–Kier alpha value is 0.210. The fraction of sp³-hybridized carbons (Fsp3) is 1.00. The molecule has 0 aromatic carbocycles. The monoisotopic (exact) mass is 221 g/mol. The van der Waals surface area contributed by atoms with Crippen molar-refractivity contribution >= 4 is 11.6 Å². The van der Waals surface area contributed by atoms with Gasteiger partial charge in [0.1, 0.15) is 0 Å². The van der Waals surface area contributed by atoms with E-state index in [1.807, 2.05) is 0 Å². The SMILES string of the molecule is CCN(CCCCl)CCOCC(C)C. The molecule has 3 heteroatoms. The van der Waals surface area contributed by atoms with E-state index in [-0.39, 0.29) is 0 Å². The van der Waals surface area contributed by atoms with Crippen LogP contribution in [0.25, 0.3) is 0 Å². The molecule has 0 fully saturated rings. The van der Waals surface area contributed by atoms with Gasteiger partial charge in [0.2, 0.25) is 0 Å². The molecule has 86 valence electrons. The van der Waals surface area contributed by atoms with E-state index in [1.165, 1.54) is 0 Å². The van der Waals surface area contributed by atoms with Crippen LogP contribution in [0.15, 0.2) is 0 Å². The van der Waals surface area contributed by atoms with Gasteiger partial charge in [0.05, 0.1) is 6.61 Å². The number of ether oxygens (including phenoxy) is 1. The van der Waals surface area contributed by atoms with Crippen molar-refractivity contribution < 1.29 is 4.74 Å². The second-order valence-electron chi connectivity index (χ2n) is 3.95. The molecule has 0 spiro atoms. The number of likely N-dealkylation sites (N-methyl/N-ethyl adjacent to an activating group) is 1. The molecule has 0 aliphatic heterocycles. The number of hydrogen-bond donors (Lipinski definition) is 0. The molecular weight excluding hydrogens is 198 g/mol. The highest BCUT2D eigenvalue weighted by atomic mass is 35.5. The Morgan fingerprint density at radius 3 is 2.50 bits per heavy atom. The predicted octanol–water partition coefficient (Wildman–Crippen LogP) is 2.61. The molecular formula is C11H24ClNO. The Morgan fingerprint density at radius 1 is 1.29 bits per heavy atom. The van der Waals surface area contributed by atoms with E-state index in [4.69, 9.17) is 16.3 Å². The van der Waals surface area contributed by atoms with Crippen molar-refractivity contribution in [1.82, 2.24) is 4.90 Å². The van der Waals surface area contributed by atoms with Crippen LogP contribution in [-0.2, 0) is 4.74 Å². The summed E-state index contributed by atoms with van der Waals surface area (Å²) >= 11 is 5.65. The van der Waals surface area contributed by atoms with Crippen LogP contribution in [0, 0.1) is 5.92 Å². The van der Waals surface area contributed by atoms with Gasteiger partial charge in [0.25, 0.3) is 0 Å². The van der Waals surface area contributed by atoms with Crippen LogP contribution < -0.4 is 0 Å². The Kier molecular flexibility index (Phi) is 9.90. The van der Waals surface area contributed by atoms with E-state index in [2.05, 4.69) is 25.7 Å². The van der Waals surface area contributed by atoms with Crippen molar-refractivity contribution in [3.05, 3.63) is 0 Å². The summed E-state index contributed by atoms with van der Waals surface area (Å²) in [5.41, 5.74) is 0. The fourth-order valence-corrected chi connectivity index (χ4v) is 1.34. The van der Waals surface area contributed by atoms with Gasteiger partial charge in [-0.05, 0) is 25.4 Å². The van der Waals surface area contributed by atoms with Crippen LogP contribution in [0.3, 0.4) is 0 Å². The van der Waals surface area contributed by atoms with Gasteiger partial charge in [0.15, 0.2) is 0 Å². The standard InChI is InChI=1S/C11H24ClNO/c1-4-13(7-5-6-12)8-9-14-10-11(2)3/h11H,4-10H2,1-3H3. The molecule has 0 aromatic heterocycles. The number of alkyl halides is 1. The highest BCUT2D eigenvalue weighted by Gasteiger charge is 2.01. The molecule has 0 aliphatic rings. The van der Waals surface area contributed by atoms with Gasteiger partial charge in [-0.15, -0.1) is 11.6 Å². The summed E-state index contributed by atoms with van der Waals surface area (Å²) in [6.07, 6.45) is 1.07. The fourth-order valence-electron chi connectivity index (χ4n) is 1.22. The topological polar surface area (TPSA) is 12.5 Å². The van der Waals surface area contributed by atoms with E-state index >= 15 is 0 Å². The van der Waals surface area contributed by atoms with Crippen LogP contribution >= 0.6 is 11.6 Å². The molecule has 0 heterocycles. The molecule has 2 nitrogen and oxygen atoms in total. The first-order chi connectivity index (χ1) is 6.70. The first-order valence-electron chi connectivity index (χ1n) is 5.56. The zero-order valence-corrected chi connectivity index (χ0v) is 10.5. The molecule has 0 bridgehead atoms. The summed E-state index contributed by atoms with van der Waals surface area (Å²) < 4.78 is 5.53. The largest absolute Gasteiger partial charge is 0.380 e. The molecule has 0 unspecified atom stereocenters. The molecule has 0 aromatic rings. The van der Waals surface area contributed by atoms with Crippen molar-refractivity contribution in [1.29, 1.82) is 0 Å². The Labute approximate surface area is 93.6 Å². The maximum atomic E-state index is 5.65. The lowest BCUT2D eigenvalue weighted by Crippen LogP contribution is -2.29. The van der Waals surface area contributed by atoms with Crippen LogP contribution in [-0.4, -0.2) is 43.6 Å². The lowest BCUT2D eigenvalue weighted by Gasteiger charge is -2.19. The smallest absolute Gasteiger partial charge is 0.0593 e. The van der Waals surface area contributed by atoms with Gasteiger partial charge < -0.3 is 9.64 Å². The number of rotatable bonds is 9. The Morgan fingerprint density at radius 2 is 2.00 bits per heavy atom. The summed E-state index contributed by atoms with van der Waals surface area (Å²) in [4.78, 5) is 2.38. The summed E-state index contributed by atoms with van der Waals surface area (Å²) in [5.74, 6) is 1.39. The maximum absolute atomic E-state index is 5.65. The van der Waals surface area contributed by atoms with Gasteiger partial charge in [-0.25, -0.2) is 0 Å².